The van der Waals surface area contributed by atoms with Crippen LogP contribution < -0.4 is 0 Å². The minimum absolute atomic E-state index is 0.651. The zero-order valence-corrected chi connectivity index (χ0v) is 54.5. The summed E-state index contributed by atoms with van der Waals surface area (Å²) in [5, 5.41) is 10.3. The van der Waals surface area contributed by atoms with E-state index in [-0.39, 0.29) is 0 Å². The van der Waals surface area contributed by atoms with Crippen molar-refractivity contribution in [2.45, 2.75) is 0 Å². The maximum absolute atomic E-state index is 5.02. The normalized spacial score (nSPS) is 11.5. The average Bonchev–Trinajstić information content (AvgIpc) is 1.77. The Bertz CT molecular complexity index is 5990. The summed E-state index contributed by atoms with van der Waals surface area (Å²) in [6.45, 7) is 0. The minimum Gasteiger partial charge on any atom is -0.208 e. The van der Waals surface area contributed by atoms with E-state index < -0.39 is 0 Å². The molecule has 6 nitrogen and oxygen atoms in total. The highest BCUT2D eigenvalue weighted by molar-refractivity contribution is 7.26. The summed E-state index contributed by atoms with van der Waals surface area (Å²) >= 11 is 5.53. The molecule has 0 unspecified atom stereocenters. The summed E-state index contributed by atoms with van der Waals surface area (Å²) in [7, 11) is 0. The van der Waals surface area contributed by atoms with Crippen molar-refractivity contribution < 1.29 is 0 Å². The Morgan fingerprint density at radius 3 is 0.701 bits per heavy atom. The molecule has 9 heteroatoms. The number of aromatic nitrogens is 6. The van der Waals surface area contributed by atoms with Gasteiger partial charge in [0, 0.05) is 93.9 Å². The van der Waals surface area contributed by atoms with Crippen molar-refractivity contribution in [2.75, 3.05) is 0 Å². The fraction of sp³-hybridized carbons (Fsp3) is 0. The van der Waals surface area contributed by atoms with Gasteiger partial charge in [-0.25, -0.2) is 29.9 Å². The van der Waals surface area contributed by atoms with Crippen molar-refractivity contribution in [3.05, 3.63) is 328 Å². The van der Waals surface area contributed by atoms with Crippen LogP contribution in [0, 0.1) is 0 Å². The Labute approximate surface area is 571 Å². The molecule has 454 valence electrons. The number of fused-ring (bicyclic) bond motifs is 10. The van der Waals surface area contributed by atoms with Crippen molar-refractivity contribution in [1.82, 2.24) is 29.9 Å². The predicted octanol–water partition coefficient (Wildman–Crippen LogP) is 24.7. The Hall–Kier alpha value is -12.0. The SMILES string of the molecule is c1ccc(-c2nc(-c3ccc(-c4ccc5ccccc5c4)cc3)nc(-c3ccc(-c4ccc5sc6ccccc6c5c4)cc3)n2)cc1.c1ccc(-c2nc(-c3ccc(-c4ccc5sc6ccccc6c5c4)cc3)nc(-c3ccc(-c4ccc5sc6ccccc6c5c4)cc3)n2)cc1. The molecule has 0 amide bonds. The van der Waals surface area contributed by atoms with Crippen LogP contribution in [-0.2, 0) is 0 Å². The Kier molecular flexibility index (Phi) is 14.7. The summed E-state index contributed by atoms with van der Waals surface area (Å²) in [5.41, 5.74) is 15.1. The third kappa shape index (κ3) is 11.3. The van der Waals surface area contributed by atoms with Crippen LogP contribution in [0.4, 0.5) is 0 Å². The minimum atomic E-state index is 0.651. The number of hydrogen-bond acceptors (Lipinski definition) is 9. The molecule has 0 atom stereocenters. The van der Waals surface area contributed by atoms with Crippen LogP contribution in [0.1, 0.15) is 0 Å². The van der Waals surface area contributed by atoms with Gasteiger partial charge in [0.25, 0.3) is 0 Å². The van der Waals surface area contributed by atoms with E-state index in [0.717, 1.165) is 55.6 Å². The van der Waals surface area contributed by atoms with E-state index in [0.29, 0.717) is 34.9 Å². The lowest BCUT2D eigenvalue weighted by Crippen LogP contribution is -2.00. The molecule has 14 aromatic carbocycles. The Balaban J connectivity index is 0.000000141. The maximum atomic E-state index is 5.02. The van der Waals surface area contributed by atoms with E-state index >= 15 is 0 Å². The van der Waals surface area contributed by atoms with Gasteiger partial charge in [-0.2, -0.15) is 0 Å². The third-order valence-electron chi connectivity index (χ3n) is 18.1. The van der Waals surface area contributed by atoms with Gasteiger partial charge in [-0.1, -0.05) is 267 Å². The van der Waals surface area contributed by atoms with Gasteiger partial charge in [0.2, 0.25) is 0 Å². The quantitative estimate of drug-likeness (QED) is 0.136. The Morgan fingerprint density at radius 1 is 0.144 bits per heavy atom. The first kappa shape index (κ1) is 57.7. The van der Waals surface area contributed by atoms with Gasteiger partial charge in [0.1, 0.15) is 0 Å². The van der Waals surface area contributed by atoms with E-state index in [4.69, 9.17) is 29.9 Å². The molecule has 0 aliphatic rings. The topological polar surface area (TPSA) is 77.3 Å². The van der Waals surface area contributed by atoms with Crippen molar-refractivity contribution in [3.8, 4) is 113 Å². The van der Waals surface area contributed by atoms with Crippen LogP contribution in [0.15, 0.2) is 328 Å². The molecule has 19 rings (SSSR count). The predicted molar refractivity (Wildman–Crippen MR) is 410 cm³/mol. The van der Waals surface area contributed by atoms with E-state index in [2.05, 4.69) is 267 Å². The van der Waals surface area contributed by atoms with E-state index in [1.807, 2.05) is 94.7 Å². The second kappa shape index (κ2) is 24.7. The van der Waals surface area contributed by atoms with Crippen molar-refractivity contribution in [3.63, 3.8) is 0 Å². The van der Waals surface area contributed by atoms with Crippen LogP contribution in [0.5, 0.6) is 0 Å². The fourth-order valence-corrected chi connectivity index (χ4v) is 16.3. The van der Waals surface area contributed by atoms with Gasteiger partial charge >= 0.3 is 0 Å². The highest BCUT2D eigenvalue weighted by Crippen LogP contribution is 2.41. The standard InChI is InChI=1S/C45H27N3S2.C43H27N3S/c1-2-8-30(9-3-1)43-46-44(31-18-14-28(15-19-31)33-22-24-41-37(26-33)35-10-4-6-12-39(35)49-41)48-45(47-43)32-20-16-29(17-21-32)34-23-25-42-38(27-34)36-11-5-7-13-40(36)50-42;1-2-9-31(10-3-1)41-44-42(32-19-14-29(15-20-32)35-23-18-28-8-4-5-11-34(28)26-35)46-43(45-41)33-21-16-30(17-22-33)36-24-25-40-38(27-36)37-12-6-7-13-39(37)47-40/h1-27H;1-27H. The van der Waals surface area contributed by atoms with Crippen molar-refractivity contribution >= 4 is 105 Å². The van der Waals surface area contributed by atoms with Crippen molar-refractivity contribution in [2.24, 2.45) is 0 Å². The highest BCUT2D eigenvalue weighted by atomic mass is 32.1. The van der Waals surface area contributed by atoms with Gasteiger partial charge in [0.15, 0.2) is 34.9 Å². The highest BCUT2D eigenvalue weighted by Gasteiger charge is 2.17. The molecule has 0 saturated carbocycles. The van der Waals surface area contributed by atoms with Crippen LogP contribution in [0.2, 0.25) is 0 Å². The van der Waals surface area contributed by atoms with Gasteiger partial charge in [0.05, 0.1) is 0 Å². The molecule has 0 aliphatic heterocycles. The second-order valence-electron chi connectivity index (χ2n) is 24.1. The molecule has 5 heterocycles. The molecule has 0 aliphatic carbocycles. The molecule has 0 spiro atoms. The fourth-order valence-electron chi connectivity index (χ4n) is 13.0. The molecule has 0 fully saturated rings. The number of nitrogens with zero attached hydrogens (tertiary/aromatic N) is 6. The first-order chi connectivity index (χ1) is 48.0. The number of hydrogen-bond donors (Lipinski definition) is 0. The Morgan fingerprint density at radius 2 is 0.371 bits per heavy atom. The lowest BCUT2D eigenvalue weighted by molar-refractivity contribution is 1.07. The van der Waals surface area contributed by atoms with E-state index in [1.54, 1.807) is 0 Å². The number of benzene rings is 14. The smallest absolute Gasteiger partial charge is 0.164 e. The zero-order chi connectivity index (χ0) is 64.2. The first-order valence-electron chi connectivity index (χ1n) is 32.3. The summed E-state index contributed by atoms with van der Waals surface area (Å²) in [6.07, 6.45) is 0. The van der Waals surface area contributed by atoms with Crippen LogP contribution in [0.25, 0.3) is 184 Å². The lowest BCUT2D eigenvalue weighted by Gasteiger charge is -2.10. The summed E-state index contributed by atoms with van der Waals surface area (Å²) in [4.78, 5) is 29.8. The molecular weight excluding hydrogens is 1240 g/mol. The number of rotatable bonds is 10. The third-order valence-corrected chi connectivity index (χ3v) is 21.6. The van der Waals surface area contributed by atoms with Gasteiger partial charge in [-0.05, 0) is 116 Å². The summed E-state index contributed by atoms with van der Waals surface area (Å²) in [6, 6.07) is 116. The molecule has 5 aromatic heterocycles. The first-order valence-corrected chi connectivity index (χ1v) is 34.7. The molecule has 0 saturated heterocycles. The summed E-state index contributed by atoms with van der Waals surface area (Å²) < 4.78 is 7.88. The lowest BCUT2D eigenvalue weighted by atomic mass is 10.00. The monoisotopic (exact) mass is 1290 g/mol. The summed E-state index contributed by atoms with van der Waals surface area (Å²) in [5.74, 6) is 3.92. The molecule has 0 N–H and O–H groups in total. The molecule has 0 bridgehead atoms. The second-order valence-corrected chi connectivity index (χ2v) is 27.4. The molecule has 0 radical (unpaired) electrons. The van der Waals surface area contributed by atoms with Crippen molar-refractivity contribution in [1.29, 1.82) is 0 Å². The number of thiophene rings is 3. The molecule has 19 aromatic rings. The van der Waals surface area contributed by atoms with E-state index in [9.17, 15) is 0 Å². The van der Waals surface area contributed by atoms with Gasteiger partial charge < -0.3 is 0 Å². The maximum Gasteiger partial charge on any atom is 0.164 e. The molecular formula is C88H54N6S3. The van der Waals surface area contributed by atoms with Gasteiger partial charge in [-0.15, -0.1) is 34.0 Å². The van der Waals surface area contributed by atoms with Gasteiger partial charge in [-0.3, -0.25) is 0 Å². The van der Waals surface area contributed by atoms with Crippen LogP contribution in [0.3, 0.4) is 0 Å². The largest absolute Gasteiger partial charge is 0.208 e. The molecule has 97 heavy (non-hydrogen) atoms. The average molecular weight is 1290 g/mol. The van der Waals surface area contributed by atoms with Crippen LogP contribution >= 0.6 is 34.0 Å². The zero-order valence-electron chi connectivity index (χ0n) is 52.1. The van der Waals surface area contributed by atoms with E-state index in [1.165, 1.54) is 93.5 Å². The van der Waals surface area contributed by atoms with Crippen LogP contribution in [-0.4, -0.2) is 29.9 Å².